The Kier molecular flexibility index (Phi) is 8.10. The molecule has 0 radical (unpaired) electrons. The van der Waals surface area contributed by atoms with Crippen molar-refractivity contribution in [1.29, 1.82) is 0 Å². The van der Waals surface area contributed by atoms with Crippen molar-refractivity contribution in [2.45, 2.75) is 44.4 Å². The molecular formula is C32H33FN2O3S. The van der Waals surface area contributed by atoms with E-state index in [-0.39, 0.29) is 18.2 Å². The van der Waals surface area contributed by atoms with E-state index in [1.807, 2.05) is 13.0 Å². The molecule has 1 aliphatic heterocycles. The number of benzene rings is 3. The Morgan fingerprint density at radius 2 is 1.92 bits per heavy atom. The molecule has 0 saturated heterocycles. The van der Waals surface area contributed by atoms with Gasteiger partial charge in [0, 0.05) is 40.4 Å². The lowest BCUT2D eigenvalue weighted by atomic mass is 9.97. The number of fused-ring (bicyclic) bond motifs is 1. The van der Waals surface area contributed by atoms with E-state index in [1.165, 1.54) is 17.7 Å². The molecule has 1 aromatic heterocycles. The Hall–Kier alpha value is -3.55. The van der Waals surface area contributed by atoms with Crippen molar-refractivity contribution in [3.05, 3.63) is 100 Å². The van der Waals surface area contributed by atoms with E-state index in [4.69, 9.17) is 4.74 Å². The van der Waals surface area contributed by atoms with Crippen LogP contribution in [-0.4, -0.2) is 35.3 Å². The molecule has 0 saturated carbocycles. The lowest BCUT2D eigenvalue weighted by Crippen LogP contribution is -2.20. The zero-order valence-electron chi connectivity index (χ0n) is 22.5. The number of carbonyl (C=O) groups excluding carboxylic acids is 1. The number of aromatic nitrogens is 1. The molecule has 3 aromatic carbocycles. The largest absolute Gasteiger partial charge is 0.507 e. The number of aromatic hydroxyl groups is 1. The molecule has 39 heavy (non-hydrogen) atoms. The quantitative estimate of drug-likeness (QED) is 0.185. The molecular weight excluding hydrogens is 511 g/mol. The van der Waals surface area contributed by atoms with Crippen molar-refractivity contribution in [2.75, 3.05) is 19.7 Å². The molecule has 0 fully saturated rings. The number of halogens is 1. The summed E-state index contributed by atoms with van der Waals surface area (Å²) in [7, 11) is 0. The number of carbonyl (C=O) groups is 1. The summed E-state index contributed by atoms with van der Waals surface area (Å²) < 4.78 is 21.5. The van der Waals surface area contributed by atoms with Gasteiger partial charge in [-0.25, -0.2) is 9.18 Å². The summed E-state index contributed by atoms with van der Waals surface area (Å²) >= 11 is 1.56. The van der Waals surface area contributed by atoms with Gasteiger partial charge < -0.3 is 19.7 Å². The first-order chi connectivity index (χ1) is 18.9. The first-order valence-corrected chi connectivity index (χ1v) is 14.2. The summed E-state index contributed by atoms with van der Waals surface area (Å²) in [6.45, 7) is 8.14. The third kappa shape index (κ3) is 5.75. The fourth-order valence-electron chi connectivity index (χ4n) is 5.12. The maximum absolute atomic E-state index is 13.8. The minimum Gasteiger partial charge on any atom is -0.507 e. The smallest absolute Gasteiger partial charge is 0.340 e. The Morgan fingerprint density at radius 3 is 2.62 bits per heavy atom. The number of ether oxygens (including phenoxy) is 1. The van der Waals surface area contributed by atoms with Crippen molar-refractivity contribution in [3.63, 3.8) is 0 Å². The lowest BCUT2D eigenvalue weighted by Gasteiger charge is -2.17. The second-order valence-corrected chi connectivity index (χ2v) is 10.9. The highest BCUT2D eigenvalue weighted by Gasteiger charge is 2.26. The van der Waals surface area contributed by atoms with Gasteiger partial charge in [0.2, 0.25) is 0 Å². The van der Waals surface area contributed by atoms with E-state index in [1.54, 1.807) is 30.8 Å². The molecule has 4 aromatic rings. The van der Waals surface area contributed by atoms with E-state index < -0.39 is 5.97 Å². The predicted molar refractivity (Wildman–Crippen MR) is 156 cm³/mol. The van der Waals surface area contributed by atoms with Crippen LogP contribution in [0.5, 0.6) is 5.75 Å². The number of hydrogen-bond acceptors (Lipinski definition) is 5. The van der Waals surface area contributed by atoms with Gasteiger partial charge in [-0.15, -0.1) is 11.8 Å². The topological polar surface area (TPSA) is 63.5 Å². The Labute approximate surface area is 232 Å². The number of aryl methyl sites for hydroxylation is 2. The fourth-order valence-corrected chi connectivity index (χ4v) is 6.16. The molecule has 1 aliphatic rings. The monoisotopic (exact) mass is 544 g/mol. The summed E-state index contributed by atoms with van der Waals surface area (Å²) in [4.78, 5) is 14.4. The minimum absolute atomic E-state index is 0.155. The van der Waals surface area contributed by atoms with Crippen molar-refractivity contribution < 1.29 is 19.0 Å². The summed E-state index contributed by atoms with van der Waals surface area (Å²) in [6.07, 6.45) is 2.92. The van der Waals surface area contributed by atoms with Gasteiger partial charge in [-0.05, 0) is 80.8 Å². The van der Waals surface area contributed by atoms with Crippen LogP contribution in [0, 0.1) is 19.7 Å². The fraction of sp³-hybridized carbons (Fsp3) is 0.281. The maximum atomic E-state index is 13.8. The van der Waals surface area contributed by atoms with Crippen LogP contribution in [0.4, 0.5) is 4.39 Å². The molecule has 5 nitrogen and oxygen atoms in total. The van der Waals surface area contributed by atoms with Crippen LogP contribution in [0.25, 0.3) is 16.5 Å². The van der Waals surface area contributed by atoms with Crippen molar-refractivity contribution in [1.82, 2.24) is 9.88 Å². The van der Waals surface area contributed by atoms with E-state index in [0.29, 0.717) is 23.2 Å². The van der Waals surface area contributed by atoms with Crippen LogP contribution in [0.15, 0.2) is 65.6 Å². The number of nitrogens with one attached hydrogen (secondary N) is 1. The third-order valence-electron chi connectivity index (χ3n) is 7.14. The molecule has 0 amide bonds. The van der Waals surface area contributed by atoms with Gasteiger partial charge in [-0.2, -0.15) is 0 Å². The SMILES string of the molecule is CCOC(=O)c1c(CSc2ccc(F)cc2C)n(Cc2ccc(C)cc2)c2cc(C3=CCNCC3)c(O)cc12. The van der Waals surface area contributed by atoms with Crippen molar-refractivity contribution in [3.8, 4) is 5.75 Å². The summed E-state index contributed by atoms with van der Waals surface area (Å²) in [5.74, 6) is -0.0519. The average Bonchev–Trinajstić information content (AvgIpc) is 3.21. The van der Waals surface area contributed by atoms with Crippen LogP contribution in [0.3, 0.4) is 0 Å². The second kappa shape index (κ2) is 11.7. The Bertz CT molecular complexity index is 1560. The van der Waals surface area contributed by atoms with Gasteiger partial charge in [-0.1, -0.05) is 35.9 Å². The van der Waals surface area contributed by atoms with Gasteiger partial charge in [0.15, 0.2) is 0 Å². The Morgan fingerprint density at radius 1 is 1.13 bits per heavy atom. The zero-order chi connectivity index (χ0) is 27.5. The van der Waals surface area contributed by atoms with Gasteiger partial charge in [-0.3, -0.25) is 0 Å². The van der Waals surface area contributed by atoms with Gasteiger partial charge in [0.25, 0.3) is 0 Å². The molecule has 0 spiro atoms. The first kappa shape index (κ1) is 27.0. The Balaban J connectivity index is 1.70. The molecule has 2 N–H and O–H groups in total. The van der Waals surface area contributed by atoms with Crippen LogP contribution in [0.1, 0.15) is 51.7 Å². The van der Waals surface area contributed by atoms with E-state index in [0.717, 1.165) is 57.9 Å². The van der Waals surface area contributed by atoms with Gasteiger partial charge >= 0.3 is 5.97 Å². The highest BCUT2D eigenvalue weighted by molar-refractivity contribution is 7.98. The lowest BCUT2D eigenvalue weighted by molar-refractivity contribution is 0.0527. The standard InChI is InChI=1S/C32H33FN2O3S/c1-4-38-32(37)31-26-17-29(36)25(23-11-13-34-14-12-23)16-27(26)35(18-22-7-5-20(2)6-8-22)28(31)19-39-30-10-9-24(33)15-21(30)3/h5-11,15-17,34,36H,4,12-14,18-19H2,1-3H3. The van der Waals surface area contributed by atoms with Gasteiger partial charge in [0.05, 0.1) is 17.7 Å². The zero-order valence-corrected chi connectivity index (χ0v) is 23.3. The average molecular weight is 545 g/mol. The summed E-state index contributed by atoms with van der Waals surface area (Å²) in [6, 6.07) is 16.8. The molecule has 202 valence electrons. The number of phenolic OH excluding ortho intramolecular Hbond substituents is 1. The maximum Gasteiger partial charge on any atom is 0.340 e. The number of rotatable bonds is 8. The van der Waals surface area contributed by atoms with E-state index in [2.05, 4.69) is 47.1 Å². The molecule has 0 atom stereocenters. The highest BCUT2D eigenvalue weighted by Crippen LogP contribution is 2.39. The predicted octanol–water partition coefficient (Wildman–Crippen LogP) is 7.00. The molecule has 0 aliphatic carbocycles. The van der Waals surface area contributed by atoms with E-state index in [9.17, 15) is 14.3 Å². The minimum atomic E-state index is -0.412. The van der Waals surface area contributed by atoms with E-state index >= 15 is 0 Å². The first-order valence-electron chi connectivity index (χ1n) is 13.3. The molecule has 0 unspecified atom stereocenters. The number of esters is 1. The third-order valence-corrected chi connectivity index (χ3v) is 8.33. The van der Waals surface area contributed by atoms with Gasteiger partial charge in [0.1, 0.15) is 11.6 Å². The van der Waals surface area contributed by atoms with Crippen LogP contribution < -0.4 is 5.32 Å². The van der Waals surface area contributed by atoms with Crippen LogP contribution in [-0.2, 0) is 17.0 Å². The second-order valence-electron chi connectivity index (χ2n) is 9.88. The summed E-state index contributed by atoms with van der Waals surface area (Å²) in [5.41, 5.74) is 7.15. The van der Waals surface area contributed by atoms with Crippen molar-refractivity contribution >= 4 is 34.2 Å². The van der Waals surface area contributed by atoms with Crippen LogP contribution in [0.2, 0.25) is 0 Å². The molecule has 7 heteroatoms. The molecule has 2 heterocycles. The molecule has 0 bridgehead atoms. The number of hydrogen-bond donors (Lipinski definition) is 2. The number of nitrogens with zero attached hydrogens (tertiary/aromatic N) is 1. The number of phenols is 1. The summed E-state index contributed by atoms with van der Waals surface area (Å²) in [5, 5.41) is 15.1. The number of thioether (sulfide) groups is 1. The van der Waals surface area contributed by atoms with Crippen molar-refractivity contribution in [2.24, 2.45) is 0 Å². The van der Waals surface area contributed by atoms with Crippen LogP contribution >= 0.6 is 11.8 Å². The normalized spacial score (nSPS) is 13.5. The highest BCUT2D eigenvalue weighted by atomic mass is 32.2. The molecule has 5 rings (SSSR count).